The molecule has 1 aliphatic rings. The number of anilines is 1. The first-order chi connectivity index (χ1) is 11.5. The van der Waals surface area contributed by atoms with Crippen LogP contribution in [0.2, 0.25) is 0 Å². The zero-order valence-corrected chi connectivity index (χ0v) is 13.3. The zero-order valence-electron chi connectivity index (χ0n) is 13.3. The molecule has 2 heterocycles. The van der Waals surface area contributed by atoms with Gasteiger partial charge in [-0.3, -0.25) is 4.90 Å². The lowest BCUT2D eigenvalue weighted by Gasteiger charge is -2.23. The van der Waals surface area contributed by atoms with Crippen LogP contribution in [-0.4, -0.2) is 36.1 Å². The molecule has 1 saturated heterocycles. The second-order valence-corrected chi connectivity index (χ2v) is 6.01. The number of hydrogen-bond donors (Lipinski definition) is 0. The highest BCUT2D eigenvalue weighted by atomic mass is 19.4. The molecule has 0 aliphatic carbocycles. The Hall–Kier alpha value is -2.08. The van der Waals surface area contributed by atoms with E-state index in [0.717, 1.165) is 51.4 Å². The average molecular weight is 335 g/mol. The normalized spacial score (nSPS) is 16.9. The number of aromatic nitrogens is 1. The van der Waals surface area contributed by atoms with Gasteiger partial charge in [0.25, 0.3) is 0 Å². The van der Waals surface area contributed by atoms with Gasteiger partial charge in [-0.15, -0.1) is 0 Å². The van der Waals surface area contributed by atoms with Gasteiger partial charge in [-0.05, 0) is 24.1 Å². The maximum Gasteiger partial charge on any atom is 0.417 e. The minimum Gasteiger partial charge on any atom is -0.355 e. The van der Waals surface area contributed by atoms with Crippen molar-refractivity contribution in [2.75, 3.05) is 31.1 Å². The van der Waals surface area contributed by atoms with Crippen molar-refractivity contribution < 1.29 is 13.2 Å². The molecule has 0 spiro atoms. The summed E-state index contributed by atoms with van der Waals surface area (Å²) in [5.74, 6) is 0.615. The zero-order chi connectivity index (χ0) is 17.0. The van der Waals surface area contributed by atoms with Gasteiger partial charge in [-0.25, -0.2) is 4.98 Å². The summed E-state index contributed by atoms with van der Waals surface area (Å²) in [7, 11) is 0. The molecule has 1 fully saturated rings. The fraction of sp³-hybridized carbons (Fsp3) is 0.389. The number of nitrogens with zero attached hydrogens (tertiary/aromatic N) is 3. The molecule has 24 heavy (non-hydrogen) atoms. The highest BCUT2D eigenvalue weighted by molar-refractivity contribution is 5.40. The average Bonchev–Trinajstić information content (AvgIpc) is 2.81. The first-order valence-electron chi connectivity index (χ1n) is 8.07. The van der Waals surface area contributed by atoms with Crippen LogP contribution < -0.4 is 4.90 Å². The second-order valence-electron chi connectivity index (χ2n) is 6.01. The van der Waals surface area contributed by atoms with Crippen molar-refractivity contribution in [1.29, 1.82) is 0 Å². The minimum atomic E-state index is -4.34. The second kappa shape index (κ2) is 7.21. The molecule has 1 aliphatic heterocycles. The topological polar surface area (TPSA) is 19.4 Å². The summed E-state index contributed by atoms with van der Waals surface area (Å²) in [5, 5.41) is 0. The maximum atomic E-state index is 12.6. The summed E-state index contributed by atoms with van der Waals surface area (Å²) in [5.41, 5.74) is 0.574. The highest BCUT2D eigenvalue weighted by Crippen LogP contribution is 2.29. The predicted octanol–water partition coefficient (Wildman–Crippen LogP) is 3.81. The first kappa shape index (κ1) is 16.8. The summed E-state index contributed by atoms with van der Waals surface area (Å²) >= 11 is 0. The van der Waals surface area contributed by atoms with E-state index in [1.54, 1.807) is 0 Å². The van der Waals surface area contributed by atoms with E-state index in [2.05, 4.69) is 26.9 Å². The van der Waals surface area contributed by atoms with E-state index in [1.807, 2.05) is 18.2 Å². The monoisotopic (exact) mass is 335 g/mol. The molecule has 0 unspecified atom stereocenters. The number of hydrogen-bond acceptors (Lipinski definition) is 3. The Bertz CT molecular complexity index is 641. The fourth-order valence-corrected chi connectivity index (χ4v) is 2.94. The van der Waals surface area contributed by atoms with Crippen LogP contribution >= 0.6 is 0 Å². The van der Waals surface area contributed by atoms with E-state index in [1.165, 1.54) is 11.6 Å². The smallest absolute Gasteiger partial charge is 0.355 e. The van der Waals surface area contributed by atoms with Crippen molar-refractivity contribution in [2.24, 2.45) is 0 Å². The summed E-state index contributed by atoms with van der Waals surface area (Å²) < 4.78 is 37.9. The van der Waals surface area contributed by atoms with Crippen LogP contribution in [0, 0.1) is 0 Å². The van der Waals surface area contributed by atoms with Gasteiger partial charge in [0, 0.05) is 38.9 Å². The lowest BCUT2D eigenvalue weighted by molar-refractivity contribution is -0.137. The van der Waals surface area contributed by atoms with Gasteiger partial charge in [0.15, 0.2) is 0 Å². The van der Waals surface area contributed by atoms with E-state index in [-0.39, 0.29) is 0 Å². The molecule has 3 nitrogen and oxygen atoms in total. The summed E-state index contributed by atoms with van der Waals surface area (Å²) in [6.45, 7) is 4.33. The van der Waals surface area contributed by atoms with Crippen LogP contribution in [0.15, 0.2) is 48.7 Å². The van der Waals surface area contributed by atoms with Crippen LogP contribution in [0.3, 0.4) is 0 Å². The van der Waals surface area contributed by atoms with Crippen molar-refractivity contribution in [3.05, 3.63) is 59.8 Å². The van der Waals surface area contributed by atoms with Crippen LogP contribution in [0.5, 0.6) is 0 Å². The summed E-state index contributed by atoms with van der Waals surface area (Å²) in [6.07, 6.45) is -2.45. The Morgan fingerprint density at radius 1 is 0.917 bits per heavy atom. The summed E-state index contributed by atoms with van der Waals surface area (Å²) in [4.78, 5) is 8.44. The van der Waals surface area contributed by atoms with Crippen molar-refractivity contribution in [3.63, 3.8) is 0 Å². The van der Waals surface area contributed by atoms with Gasteiger partial charge in [-0.1, -0.05) is 30.3 Å². The van der Waals surface area contributed by atoms with Gasteiger partial charge in [-0.2, -0.15) is 13.2 Å². The summed E-state index contributed by atoms with van der Waals surface area (Å²) in [6, 6.07) is 12.9. The van der Waals surface area contributed by atoms with E-state index in [4.69, 9.17) is 0 Å². The Labute approximate surface area is 139 Å². The van der Waals surface area contributed by atoms with Gasteiger partial charge in [0.1, 0.15) is 5.82 Å². The number of halogens is 3. The largest absolute Gasteiger partial charge is 0.417 e. The Morgan fingerprint density at radius 2 is 1.71 bits per heavy atom. The molecule has 0 amide bonds. The van der Waals surface area contributed by atoms with Crippen LogP contribution in [0.25, 0.3) is 0 Å². The molecule has 6 heteroatoms. The van der Waals surface area contributed by atoms with Crippen LogP contribution in [0.1, 0.15) is 17.5 Å². The predicted molar refractivity (Wildman–Crippen MR) is 87.8 cm³/mol. The maximum absolute atomic E-state index is 12.6. The highest BCUT2D eigenvalue weighted by Gasteiger charge is 2.31. The molecular formula is C18H20F3N3. The number of benzene rings is 1. The van der Waals surface area contributed by atoms with Crippen molar-refractivity contribution in [1.82, 2.24) is 9.88 Å². The molecule has 2 aromatic rings. The standard InChI is InChI=1S/C18H20F3N3/c19-18(20,21)16-7-8-17(22-13-16)24-10-4-9-23(11-12-24)14-15-5-2-1-3-6-15/h1-3,5-8,13H,4,9-12,14H2. The van der Waals surface area contributed by atoms with E-state index < -0.39 is 11.7 Å². The molecule has 0 saturated carbocycles. The molecule has 128 valence electrons. The molecule has 1 aromatic carbocycles. The lowest BCUT2D eigenvalue weighted by Crippen LogP contribution is -2.31. The van der Waals surface area contributed by atoms with Crippen LogP contribution in [-0.2, 0) is 12.7 Å². The Morgan fingerprint density at radius 3 is 2.38 bits per heavy atom. The third-order valence-corrected chi connectivity index (χ3v) is 4.24. The molecule has 1 aromatic heterocycles. The lowest BCUT2D eigenvalue weighted by atomic mass is 10.2. The van der Waals surface area contributed by atoms with E-state index in [9.17, 15) is 13.2 Å². The number of rotatable bonds is 3. The van der Waals surface area contributed by atoms with Crippen molar-refractivity contribution in [2.45, 2.75) is 19.1 Å². The quantitative estimate of drug-likeness (QED) is 0.850. The van der Waals surface area contributed by atoms with Gasteiger partial charge >= 0.3 is 6.18 Å². The van der Waals surface area contributed by atoms with Crippen molar-refractivity contribution in [3.8, 4) is 0 Å². The molecular weight excluding hydrogens is 315 g/mol. The molecule has 0 atom stereocenters. The molecule has 0 bridgehead atoms. The Balaban J connectivity index is 1.61. The molecule has 3 rings (SSSR count). The SMILES string of the molecule is FC(F)(F)c1ccc(N2CCCN(Cc3ccccc3)CC2)nc1. The first-order valence-corrected chi connectivity index (χ1v) is 8.07. The van der Waals surface area contributed by atoms with Crippen LogP contribution in [0.4, 0.5) is 19.0 Å². The third kappa shape index (κ3) is 4.26. The van der Waals surface area contributed by atoms with E-state index >= 15 is 0 Å². The molecule has 0 radical (unpaired) electrons. The van der Waals surface area contributed by atoms with Gasteiger partial charge < -0.3 is 4.90 Å². The van der Waals surface area contributed by atoms with Gasteiger partial charge in [0.2, 0.25) is 0 Å². The molecule has 0 N–H and O–H groups in total. The fourth-order valence-electron chi connectivity index (χ4n) is 2.94. The Kier molecular flexibility index (Phi) is 5.04. The third-order valence-electron chi connectivity index (χ3n) is 4.24. The number of alkyl halides is 3. The van der Waals surface area contributed by atoms with Gasteiger partial charge in [0.05, 0.1) is 5.56 Å². The number of pyridine rings is 1. The van der Waals surface area contributed by atoms with E-state index in [0.29, 0.717) is 5.82 Å². The van der Waals surface area contributed by atoms with Crippen molar-refractivity contribution >= 4 is 5.82 Å². The minimum absolute atomic E-state index is 0.615.